The van der Waals surface area contributed by atoms with E-state index in [0.29, 0.717) is 17.8 Å². The molecular weight excluding hydrogens is 413 g/mol. The Morgan fingerprint density at radius 1 is 1.23 bits per heavy atom. The summed E-state index contributed by atoms with van der Waals surface area (Å²) in [6, 6.07) is 4.96. The highest BCUT2D eigenvalue weighted by Gasteiger charge is 2.51. The molecule has 2 amide bonds. The molecule has 2 aromatic heterocycles. The van der Waals surface area contributed by atoms with E-state index in [-0.39, 0.29) is 17.1 Å². The molecule has 1 saturated heterocycles. The molecule has 1 N–H and O–H groups in total. The van der Waals surface area contributed by atoms with Crippen molar-refractivity contribution in [3.05, 3.63) is 45.9 Å². The van der Waals surface area contributed by atoms with Gasteiger partial charge in [0.2, 0.25) is 0 Å². The van der Waals surface area contributed by atoms with E-state index in [1.165, 1.54) is 9.78 Å². The molecule has 1 aliphatic carbocycles. The van der Waals surface area contributed by atoms with Crippen molar-refractivity contribution in [3.8, 4) is 0 Å². The van der Waals surface area contributed by atoms with E-state index in [4.69, 9.17) is 0 Å². The number of amides is 2. The van der Waals surface area contributed by atoms with Gasteiger partial charge in [-0.2, -0.15) is 13.2 Å². The van der Waals surface area contributed by atoms with Crippen LogP contribution in [0.15, 0.2) is 29.8 Å². The van der Waals surface area contributed by atoms with Gasteiger partial charge >= 0.3 is 12.2 Å². The molecule has 162 valence electrons. The molecule has 2 aliphatic rings. The Balaban J connectivity index is 1.55. The summed E-state index contributed by atoms with van der Waals surface area (Å²) in [5.41, 5.74) is -0.545. The Labute approximate surface area is 177 Å². The van der Waals surface area contributed by atoms with Gasteiger partial charge in [-0.05, 0) is 69.8 Å². The van der Waals surface area contributed by atoms with Gasteiger partial charge in [-0.1, -0.05) is 6.07 Å². The van der Waals surface area contributed by atoms with Gasteiger partial charge in [0.25, 0.3) is 0 Å². The van der Waals surface area contributed by atoms with Crippen molar-refractivity contribution >= 4 is 23.1 Å². The fourth-order valence-corrected chi connectivity index (χ4v) is 5.84. The SMILES string of the molecule is Cc1cc(C(F)(F)F)ncc1N1C[C@]2(CC[C@](c3cccs3)(N(C)C)CC2)NC1=O. The molecule has 30 heavy (non-hydrogen) atoms. The van der Waals surface area contributed by atoms with Gasteiger partial charge in [0, 0.05) is 4.88 Å². The third kappa shape index (κ3) is 3.47. The summed E-state index contributed by atoms with van der Waals surface area (Å²) in [6.45, 7) is 2.02. The van der Waals surface area contributed by atoms with E-state index >= 15 is 0 Å². The van der Waals surface area contributed by atoms with E-state index in [9.17, 15) is 18.0 Å². The number of carbonyl (C=O) groups is 1. The number of anilines is 1. The first-order chi connectivity index (χ1) is 14.1. The van der Waals surface area contributed by atoms with Crippen LogP contribution in [0.2, 0.25) is 0 Å². The lowest BCUT2D eigenvalue weighted by Gasteiger charge is -2.47. The second kappa shape index (κ2) is 7.23. The van der Waals surface area contributed by atoms with Crippen LogP contribution in [-0.4, -0.2) is 42.1 Å². The average Bonchev–Trinajstić information content (AvgIpc) is 3.31. The molecule has 0 atom stereocenters. The summed E-state index contributed by atoms with van der Waals surface area (Å²) in [6.07, 6.45) is 0.0718. The summed E-state index contributed by atoms with van der Waals surface area (Å²) in [5, 5.41) is 5.22. The molecule has 0 unspecified atom stereocenters. The maximum Gasteiger partial charge on any atom is 0.433 e. The average molecular weight is 439 g/mol. The number of nitrogens with zero attached hydrogens (tertiary/aromatic N) is 3. The minimum atomic E-state index is -4.50. The molecule has 0 aromatic carbocycles. The first kappa shape index (κ1) is 21.1. The molecule has 2 aromatic rings. The molecule has 1 aliphatic heterocycles. The lowest BCUT2D eigenvalue weighted by Crippen LogP contribution is -2.53. The zero-order valence-corrected chi connectivity index (χ0v) is 18.0. The molecule has 4 rings (SSSR count). The fraction of sp³-hybridized carbons (Fsp3) is 0.524. The van der Waals surface area contributed by atoms with Gasteiger partial charge in [0.1, 0.15) is 5.69 Å². The number of aromatic nitrogens is 1. The molecule has 1 saturated carbocycles. The van der Waals surface area contributed by atoms with Gasteiger partial charge < -0.3 is 5.32 Å². The fourth-order valence-electron chi connectivity index (χ4n) is 4.77. The van der Waals surface area contributed by atoms with Crippen molar-refractivity contribution in [2.75, 3.05) is 25.5 Å². The quantitative estimate of drug-likeness (QED) is 0.751. The molecule has 2 fully saturated rings. The van der Waals surface area contributed by atoms with Gasteiger partial charge in [0.05, 0.1) is 29.5 Å². The number of thiophene rings is 1. The van der Waals surface area contributed by atoms with E-state index in [1.807, 2.05) is 0 Å². The minimum absolute atomic E-state index is 0.0522. The van der Waals surface area contributed by atoms with Crippen LogP contribution >= 0.6 is 11.3 Å². The van der Waals surface area contributed by atoms with Crippen molar-refractivity contribution in [1.82, 2.24) is 15.2 Å². The van der Waals surface area contributed by atoms with Gasteiger partial charge in [-0.15, -0.1) is 11.3 Å². The summed E-state index contributed by atoms with van der Waals surface area (Å²) in [4.78, 5) is 21.4. The van der Waals surface area contributed by atoms with E-state index in [2.05, 4.69) is 46.8 Å². The molecule has 0 bridgehead atoms. The zero-order chi connectivity index (χ0) is 21.7. The number of urea groups is 1. The zero-order valence-electron chi connectivity index (χ0n) is 17.2. The monoisotopic (exact) mass is 438 g/mol. The minimum Gasteiger partial charge on any atom is -0.330 e. The lowest BCUT2D eigenvalue weighted by atomic mass is 9.71. The molecule has 9 heteroatoms. The van der Waals surface area contributed by atoms with Gasteiger partial charge in [-0.25, -0.2) is 9.78 Å². The Morgan fingerprint density at radius 3 is 2.47 bits per heavy atom. The highest BCUT2D eigenvalue weighted by molar-refractivity contribution is 7.10. The highest BCUT2D eigenvalue weighted by Crippen LogP contribution is 2.47. The summed E-state index contributed by atoms with van der Waals surface area (Å²) in [5.74, 6) is 0. The first-order valence-electron chi connectivity index (χ1n) is 9.91. The first-order valence-corrected chi connectivity index (χ1v) is 10.8. The Kier molecular flexibility index (Phi) is 5.09. The second-order valence-electron chi connectivity index (χ2n) is 8.55. The predicted molar refractivity (Wildman–Crippen MR) is 111 cm³/mol. The Hall–Kier alpha value is -2.13. The van der Waals surface area contributed by atoms with E-state index < -0.39 is 11.9 Å². The normalized spacial score (nSPS) is 27.2. The summed E-state index contributed by atoms with van der Waals surface area (Å²) < 4.78 is 38.8. The number of carbonyl (C=O) groups excluding carboxylic acids is 1. The number of nitrogens with one attached hydrogen (secondary N) is 1. The summed E-state index contributed by atoms with van der Waals surface area (Å²) >= 11 is 1.75. The van der Waals surface area contributed by atoms with Crippen LogP contribution < -0.4 is 10.2 Å². The molecule has 5 nitrogen and oxygen atoms in total. The topological polar surface area (TPSA) is 48.5 Å². The molecule has 0 radical (unpaired) electrons. The van der Waals surface area contributed by atoms with Crippen molar-refractivity contribution < 1.29 is 18.0 Å². The van der Waals surface area contributed by atoms with Crippen LogP contribution in [0.3, 0.4) is 0 Å². The predicted octanol–water partition coefficient (Wildman–Crippen LogP) is 4.77. The molecule has 3 heterocycles. The number of halogens is 3. The Bertz CT molecular complexity index is 934. The van der Waals surface area contributed by atoms with Crippen LogP contribution in [0.5, 0.6) is 0 Å². The largest absolute Gasteiger partial charge is 0.433 e. The Morgan fingerprint density at radius 2 is 1.93 bits per heavy atom. The van der Waals surface area contributed by atoms with Gasteiger partial charge in [-0.3, -0.25) is 9.80 Å². The standard InChI is InChI=1S/C21H25F3N4OS/c1-14-11-16(21(22,23)24)25-12-15(14)28-13-19(26-18(28)29)6-8-20(9-7-19,27(2)3)17-5-4-10-30-17/h4-5,10-12H,6-9,13H2,1-3H3,(H,26,29)/t19-,20+. The molecule has 1 spiro atoms. The third-order valence-corrected chi connectivity index (χ3v) is 7.68. The number of aryl methyl sites for hydroxylation is 1. The number of pyridine rings is 1. The van der Waals surface area contributed by atoms with Crippen molar-refractivity contribution in [2.24, 2.45) is 0 Å². The second-order valence-corrected chi connectivity index (χ2v) is 9.50. The summed E-state index contributed by atoms with van der Waals surface area (Å²) in [7, 11) is 4.18. The van der Waals surface area contributed by atoms with Crippen molar-refractivity contribution in [1.29, 1.82) is 0 Å². The number of alkyl halides is 3. The number of rotatable bonds is 3. The third-order valence-electron chi connectivity index (χ3n) is 6.61. The van der Waals surface area contributed by atoms with Crippen LogP contribution in [0.4, 0.5) is 23.7 Å². The van der Waals surface area contributed by atoms with E-state index in [1.54, 1.807) is 18.3 Å². The maximum atomic E-state index is 12.9. The number of hydrogen-bond donors (Lipinski definition) is 1. The number of hydrogen-bond acceptors (Lipinski definition) is 4. The maximum absolute atomic E-state index is 12.9. The van der Waals surface area contributed by atoms with Crippen LogP contribution in [-0.2, 0) is 11.7 Å². The van der Waals surface area contributed by atoms with Crippen molar-refractivity contribution in [3.63, 3.8) is 0 Å². The highest BCUT2D eigenvalue weighted by atomic mass is 32.1. The molecular formula is C21H25F3N4OS. The van der Waals surface area contributed by atoms with E-state index in [0.717, 1.165) is 37.9 Å². The lowest BCUT2D eigenvalue weighted by molar-refractivity contribution is -0.141. The van der Waals surface area contributed by atoms with Crippen LogP contribution in [0.25, 0.3) is 0 Å². The van der Waals surface area contributed by atoms with Crippen LogP contribution in [0, 0.1) is 6.92 Å². The van der Waals surface area contributed by atoms with Gasteiger partial charge in [0.15, 0.2) is 0 Å². The smallest absolute Gasteiger partial charge is 0.330 e. The van der Waals surface area contributed by atoms with Crippen molar-refractivity contribution in [2.45, 2.75) is 49.9 Å². The van der Waals surface area contributed by atoms with Crippen LogP contribution in [0.1, 0.15) is 41.8 Å².